The number of amides is 1. The molecule has 1 aliphatic rings. The average Bonchev–Trinajstić information content (AvgIpc) is 3.00. The first kappa shape index (κ1) is 17.6. The molecule has 6 heteroatoms. The first-order chi connectivity index (χ1) is 13.6. The Morgan fingerprint density at radius 1 is 0.964 bits per heavy atom. The van der Waals surface area contributed by atoms with Crippen molar-refractivity contribution in [3.05, 3.63) is 102 Å². The van der Waals surface area contributed by atoms with Gasteiger partial charge in [-0.3, -0.25) is 19.5 Å². The Kier molecular flexibility index (Phi) is 4.45. The van der Waals surface area contributed by atoms with E-state index in [-0.39, 0.29) is 17.0 Å². The van der Waals surface area contributed by atoms with E-state index in [1.54, 1.807) is 48.5 Å². The summed E-state index contributed by atoms with van der Waals surface area (Å²) in [6, 6.07) is 16.5. The molecule has 5 nitrogen and oxygen atoms in total. The molecule has 1 aliphatic heterocycles. The summed E-state index contributed by atoms with van der Waals surface area (Å²) in [4.78, 5) is 30.8. The number of hydrogen-bond donors (Lipinski definition) is 1. The molecule has 1 amide bonds. The molecule has 0 bridgehead atoms. The number of benzene rings is 2. The molecule has 1 atom stereocenters. The molecule has 2 aromatic carbocycles. The van der Waals surface area contributed by atoms with Crippen LogP contribution in [0.15, 0.2) is 84.7 Å². The van der Waals surface area contributed by atoms with E-state index in [1.165, 1.54) is 35.5 Å². The Morgan fingerprint density at radius 2 is 1.68 bits per heavy atom. The maximum Gasteiger partial charge on any atom is 0.300 e. The Bertz CT molecular complexity index is 1080. The van der Waals surface area contributed by atoms with Gasteiger partial charge in [-0.1, -0.05) is 36.4 Å². The molecule has 0 aliphatic carbocycles. The van der Waals surface area contributed by atoms with Gasteiger partial charge in [-0.25, -0.2) is 4.39 Å². The Labute approximate surface area is 160 Å². The van der Waals surface area contributed by atoms with Gasteiger partial charge in [0.1, 0.15) is 11.6 Å². The van der Waals surface area contributed by atoms with Crippen molar-refractivity contribution in [1.82, 2.24) is 4.98 Å². The summed E-state index contributed by atoms with van der Waals surface area (Å²) in [6.45, 7) is 0. The second kappa shape index (κ2) is 7.08. The number of hydrogen-bond acceptors (Lipinski definition) is 4. The van der Waals surface area contributed by atoms with E-state index in [4.69, 9.17) is 0 Å². The second-order valence-corrected chi connectivity index (χ2v) is 6.30. The first-order valence-corrected chi connectivity index (χ1v) is 8.60. The number of anilines is 1. The van der Waals surface area contributed by atoms with Crippen molar-refractivity contribution in [1.29, 1.82) is 0 Å². The van der Waals surface area contributed by atoms with Crippen LogP contribution in [-0.2, 0) is 9.59 Å². The second-order valence-electron chi connectivity index (χ2n) is 6.30. The van der Waals surface area contributed by atoms with Crippen LogP contribution in [0, 0.1) is 5.82 Å². The largest absolute Gasteiger partial charge is 0.507 e. The highest BCUT2D eigenvalue weighted by atomic mass is 19.1. The highest BCUT2D eigenvalue weighted by Gasteiger charge is 2.46. The van der Waals surface area contributed by atoms with Gasteiger partial charge in [0, 0.05) is 23.6 Å². The third-order valence-electron chi connectivity index (χ3n) is 4.60. The number of pyridine rings is 1. The minimum absolute atomic E-state index is 0.0494. The summed E-state index contributed by atoms with van der Waals surface area (Å²) >= 11 is 0. The monoisotopic (exact) mass is 374 g/mol. The van der Waals surface area contributed by atoms with Crippen LogP contribution in [0.5, 0.6) is 0 Å². The summed E-state index contributed by atoms with van der Waals surface area (Å²) in [7, 11) is 0. The molecule has 1 unspecified atom stereocenters. The lowest BCUT2D eigenvalue weighted by Crippen LogP contribution is -2.29. The van der Waals surface area contributed by atoms with Gasteiger partial charge < -0.3 is 5.11 Å². The standard InChI is InChI=1S/C22H15FN2O3/c23-16-7-4-8-17(13-16)25-19(14-5-2-1-3-6-14)18(21(27)22(25)28)20(26)15-9-11-24-12-10-15/h1-13,19,26H/b20-18+. The minimum Gasteiger partial charge on any atom is -0.507 e. The fraction of sp³-hybridized carbons (Fsp3) is 0.0455. The predicted molar refractivity (Wildman–Crippen MR) is 102 cm³/mol. The van der Waals surface area contributed by atoms with Crippen molar-refractivity contribution in [3.63, 3.8) is 0 Å². The van der Waals surface area contributed by atoms with E-state index in [0.29, 0.717) is 11.1 Å². The molecular weight excluding hydrogens is 359 g/mol. The van der Waals surface area contributed by atoms with Crippen LogP contribution in [0.1, 0.15) is 17.2 Å². The molecule has 0 saturated carbocycles. The van der Waals surface area contributed by atoms with Crippen molar-refractivity contribution in [2.75, 3.05) is 4.90 Å². The van der Waals surface area contributed by atoms with E-state index >= 15 is 0 Å². The summed E-state index contributed by atoms with van der Waals surface area (Å²) in [6.07, 6.45) is 2.96. The highest BCUT2D eigenvalue weighted by molar-refractivity contribution is 6.51. The molecule has 1 fully saturated rings. The number of nitrogens with zero attached hydrogens (tertiary/aromatic N) is 2. The Balaban J connectivity index is 1.95. The number of Topliss-reactive ketones (excluding diaryl/α,β-unsaturated/α-hetero) is 1. The van der Waals surface area contributed by atoms with Gasteiger partial charge in [0.05, 0.1) is 11.6 Å². The van der Waals surface area contributed by atoms with Crippen molar-refractivity contribution >= 4 is 23.1 Å². The van der Waals surface area contributed by atoms with Crippen LogP contribution in [0.3, 0.4) is 0 Å². The van der Waals surface area contributed by atoms with Crippen molar-refractivity contribution in [3.8, 4) is 0 Å². The molecule has 3 aromatic rings. The van der Waals surface area contributed by atoms with Gasteiger partial charge in [-0.15, -0.1) is 0 Å². The van der Waals surface area contributed by atoms with Crippen molar-refractivity contribution in [2.45, 2.75) is 6.04 Å². The lowest BCUT2D eigenvalue weighted by molar-refractivity contribution is -0.132. The number of aliphatic hydroxyl groups excluding tert-OH is 1. The summed E-state index contributed by atoms with van der Waals surface area (Å²) in [5, 5.41) is 10.8. The van der Waals surface area contributed by atoms with Gasteiger partial charge in [0.2, 0.25) is 0 Å². The van der Waals surface area contributed by atoms with E-state index in [9.17, 15) is 19.1 Å². The van der Waals surface area contributed by atoms with Crippen LogP contribution in [0.4, 0.5) is 10.1 Å². The van der Waals surface area contributed by atoms with Crippen molar-refractivity contribution in [2.24, 2.45) is 0 Å². The molecule has 1 saturated heterocycles. The van der Waals surface area contributed by atoms with Crippen LogP contribution in [-0.4, -0.2) is 21.8 Å². The number of aliphatic hydroxyl groups is 1. The number of halogens is 1. The van der Waals surface area contributed by atoms with Gasteiger partial charge in [-0.2, -0.15) is 0 Å². The van der Waals surface area contributed by atoms with E-state index in [0.717, 1.165) is 0 Å². The van der Waals surface area contributed by atoms with E-state index < -0.39 is 23.5 Å². The zero-order chi connectivity index (χ0) is 19.7. The fourth-order valence-electron chi connectivity index (χ4n) is 3.34. The molecule has 28 heavy (non-hydrogen) atoms. The highest BCUT2D eigenvalue weighted by Crippen LogP contribution is 2.42. The third kappa shape index (κ3) is 2.95. The number of carbonyl (C=O) groups excluding carboxylic acids is 2. The number of aromatic nitrogens is 1. The normalized spacial score (nSPS) is 18.5. The SMILES string of the molecule is O=C1C(=O)N(c2cccc(F)c2)C(c2ccccc2)/C1=C(\O)c1ccncc1. The van der Waals surface area contributed by atoms with E-state index in [1.807, 2.05) is 0 Å². The number of rotatable bonds is 3. The number of carbonyl (C=O) groups is 2. The van der Waals surface area contributed by atoms with Gasteiger partial charge in [0.25, 0.3) is 11.7 Å². The molecule has 138 valence electrons. The maximum atomic E-state index is 13.8. The Morgan fingerprint density at radius 3 is 2.36 bits per heavy atom. The third-order valence-corrected chi connectivity index (χ3v) is 4.60. The molecule has 4 rings (SSSR count). The molecule has 1 N–H and O–H groups in total. The van der Waals surface area contributed by atoms with Crippen LogP contribution in [0.2, 0.25) is 0 Å². The molecule has 0 radical (unpaired) electrons. The first-order valence-electron chi connectivity index (χ1n) is 8.60. The lowest BCUT2D eigenvalue weighted by Gasteiger charge is -2.25. The molecular formula is C22H15FN2O3. The quantitative estimate of drug-likeness (QED) is 0.430. The number of ketones is 1. The summed E-state index contributed by atoms with van der Waals surface area (Å²) in [5.41, 5.74) is 1.19. The van der Waals surface area contributed by atoms with Crippen LogP contribution < -0.4 is 4.90 Å². The van der Waals surface area contributed by atoms with Gasteiger partial charge >= 0.3 is 0 Å². The molecule has 2 heterocycles. The van der Waals surface area contributed by atoms with Gasteiger partial charge in [-0.05, 0) is 35.9 Å². The van der Waals surface area contributed by atoms with Gasteiger partial charge in [0.15, 0.2) is 0 Å². The Hall–Kier alpha value is -3.80. The zero-order valence-corrected chi connectivity index (χ0v) is 14.6. The molecule has 1 aromatic heterocycles. The maximum absolute atomic E-state index is 13.8. The van der Waals surface area contributed by atoms with Crippen LogP contribution in [0.25, 0.3) is 5.76 Å². The lowest BCUT2D eigenvalue weighted by atomic mass is 9.95. The topological polar surface area (TPSA) is 70.5 Å². The zero-order valence-electron chi connectivity index (χ0n) is 14.6. The summed E-state index contributed by atoms with van der Waals surface area (Å²) in [5.74, 6) is -2.48. The predicted octanol–water partition coefficient (Wildman–Crippen LogP) is 3.85. The summed E-state index contributed by atoms with van der Waals surface area (Å²) < 4.78 is 13.8. The fourth-order valence-corrected chi connectivity index (χ4v) is 3.34. The average molecular weight is 374 g/mol. The molecule has 0 spiro atoms. The smallest absolute Gasteiger partial charge is 0.300 e. The minimum atomic E-state index is -0.879. The van der Waals surface area contributed by atoms with Crippen molar-refractivity contribution < 1.29 is 19.1 Å². The van der Waals surface area contributed by atoms with Crippen LogP contribution >= 0.6 is 0 Å². The van der Waals surface area contributed by atoms with E-state index in [2.05, 4.69) is 4.98 Å².